The highest BCUT2D eigenvalue weighted by Gasteiger charge is 2.20. The van der Waals surface area contributed by atoms with E-state index in [-0.39, 0.29) is 17.2 Å². The molecule has 0 atom stereocenters. The molecule has 5 rings (SSSR count). The number of aromatic amines is 1. The third-order valence-corrected chi connectivity index (χ3v) is 4.99. The second-order valence-electron chi connectivity index (χ2n) is 7.13. The van der Waals surface area contributed by atoms with Crippen molar-refractivity contribution in [3.63, 3.8) is 0 Å². The Hall–Kier alpha value is -3.68. The van der Waals surface area contributed by atoms with E-state index in [4.69, 9.17) is 5.10 Å². The number of aryl methyl sites for hydroxylation is 1. The van der Waals surface area contributed by atoms with Crippen LogP contribution in [-0.4, -0.2) is 33.7 Å². The molecule has 1 aromatic carbocycles. The Balaban J connectivity index is 1.83. The minimum absolute atomic E-state index is 0.0583. The molecule has 0 unspecified atom stereocenters. The van der Waals surface area contributed by atoms with E-state index in [1.54, 1.807) is 27.8 Å². The van der Waals surface area contributed by atoms with Gasteiger partial charge in [-0.2, -0.15) is 0 Å². The van der Waals surface area contributed by atoms with Gasteiger partial charge in [-0.1, -0.05) is 0 Å². The topological polar surface area (TPSA) is 85.8 Å². The van der Waals surface area contributed by atoms with Crippen molar-refractivity contribution >= 4 is 16.6 Å². The van der Waals surface area contributed by atoms with E-state index in [0.29, 0.717) is 17.2 Å². The predicted octanol–water partition coefficient (Wildman–Crippen LogP) is 3.02. The highest BCUT2D eigenvalue weighted by atomic mass is 16.1. The Kier molecular flexibility index (Phi) is 3.48. The smallest absolute Gasteiger partial charge is 0.297 e. The van der Waals surface area contributed by atoms with Crippen LogP contribution in [0.3, 0.4) is 0 Å². The van der Waals surface area contributed by atoms with Crippen molar-refractivity contribution in [3.05, 3.63) is 59.5 Å². The number of hydrogen-bond donors (Lipinski definition) is 1. The van der Waals surface area contributed by atoms with E-state index in [1.165, 1.54) is 0 Å². The number of nitrogens with zero attached hydrogens (tertiary/aromatic N) is 6. The Bertz CT molecular complexity index is 1370. The van der Waals surface area contributed by atoms with Crippen LogP contribution in [0.2, 0.25) is 0 Å². The molecule has 140 valence electrons. The average molecular weight is 373 g/mol. The van der Waals surface area contributed by atoms with Crippen LogP contribution in [0.4, 0.5) is 0 Å². The van der Waals surface area contributed by atoms with Crippen LogP contribution in [0.25, 0.3) is 39.3 Å². The quantitative estimate of drug-likeness (QED) is 0.527. The van der Waals surface area contributed by atoms with Gasteiger partial charge in [0, 0.05) is 41.9 Å². The van der Waals surface area contributed by atoms with Crippen LogP contribution in [0.1, 0.15) is 19.9 Å². The van der Waals surface area contributed by atoms with E-state index >= 15 is 0 Å². The molecule has 0 aliphatic carbocycles. The molecule has 8 nitrogen and oxygen atoms in total. The summed E-state index contributed by atoms with van der Waals surface area (Å²) in [5.41, 5.74) is 3.49. The Morgan fingerprint density at radius 1 is 1.14 bits per heavy atom. The number of fused-ring (bicyclic) bond motifs is 2. The second-order valence-corrected chi connectivity index (χ2v) is 7.13. The molecule has 4 aromatic heterocycles. The molecule has 0 radical (unpaired) electrons. The van der Waals surface area contributed by atoms with Gasteiger partial charge in [-0.3, -0.25) is 9.36 Å². The van der Waals surface area contributed by atoms with Crippen LogP contribution in [0.5, 0.6) is 0 Å². The Labute approximate surface area is 160 Å². The SMILES string of the molecule is CC(C)n1c(-c2ccc3c(ccn3C)c2)nn2c(-c3c[nH]cn3)cnc2c1=O. The summed E-state index contributed by atoms with van der Waals surface area (Å²) >= 11 is 0. The van der Waals surface area contributed by atoms with Crippen molar-refractivity contribution in [1.29, 1.82) is 0 Å². The van der Waals surface area contributed by atoms with Gasteiger partial charge in [0.25, 0.3) is 5.56 Å². The number of rotatable bonds is 3. The third-order valence-electron chi connectivity index (χ3n) is 4.99. The summed E-state index contributed by atoms with van der Waals surface area (Å²) < 4.78 is 5.35. The lowest BCUT2D eigenvalue weighted by atomic mass is 10.1. The highest BCUT2D eigenvalue weighted by molar-refractivity contribution is 5.84. The largest absolute Gasteiger partial charge is 0.351 e. The summed E-state index contributed by atoms with van der Waals surface area (Å²) in [7, 11) is 2.01. The summed E-state index contributed by atoms with van der Waals surface area (Å²) in [6.45, 7) is 3.95. The van der Waals surface area contributed by atoms with Gasteiger partial charge < -0.3 is 9.55 Å². The Morgan fingerprint density at radius 3 is 2.75 bits per heavy atom. The van der Waals surface area contributed by atoms with Crippen LogP contribution in [0.15, 0.2) is 54.0 Å². The fourth-order valence-corrected chi connectivity index (χ4v) is 3.61. The fraction of sp³-hybridized carbons (Fsp3) is 0.200. The van der Waals surface area contributed by atoms with Crippen molar-refractivity contribution < 1.29 is 0 Å². The molecular weight excluding hydrogens is 354 g/mol. The minimum Gasteiger partial charge on any atom is -0.351 e. The van der Waals surface area contributed by atoms with Crippen LogP contribution < -0.4 is 5.56 Å². The molecular formula is C20H19N7O. The molecule has 0 fully saturated rings. The number of H-pyrrole nitrogens is 1. The number of hydrogen-bond acceptors (Lipinski definition) is 4. The van der Waals surface area contributed by atoms with Gasteiger partial charge in [0.15, 0.2) is 5.82 Å². The van der Waals surface area contributed by atoms with Gasteiger partial charge in [0.05, 0.1) is 12.5 Å². The van der Waals surface area contributed by atoms with Crippen molar-refractivity contribution in [2.75, 3.05) is 0 Å². The summed E-state index contributed by atoms with van der Waals surface area (Å²) in [6, 6.07) is 8.11. The van der Waals surface area contributed by atoms with Gasteiger partial charge in [0.1, 0.15) is 11.4 Å². The van der Waals surface area contributed by atoms with Crippen molar-refractivity contribution in [2.45, 2.75) is 19.9 Å². The molecule has 28 heavy (non-hydrogen) atoms. The minimum atomic E-state index is -0.171. The van der Waals surface area contributed by atoms with E-state index < -0.39 is 0 Å². The summed E-state index contributed by atoms with van der Waals surface area (Å²) in [4.78, 5) is 24.7. The maximum Gasteiger partial charge on any atom is 0.297 e. The number of benzene rings is 1. The zero-order valence-electron chi connectivity index (χ0n) is 15.8. The van der Waals surface area contributed by atoms with Crippen molar-refractivity contribution in [3.8, 4) is 22.8 Å². The first kappa shape index (κ1) is 16.5. The van der Waals surface area contributed by atoms with Crippen LogP contribution in [0, 0.1) is 0 Å². The van der Waals surface area contributed by atoms with E-state index in [1.807, 2.05) is 39.2 Å². The fourth-order valence-electron chi connectivity index (χ4n) is 3.61. The normalized spacial score (nSPS) is 11.9. The van der Waals surface area contributed by atoms with Crippen LogP contribution in [-0.2, 0) is 7.05 Å². The maximum atomic E-state index is 13.2. The van der Waals surface area contributed by atoms with Gasteiger partial charge >= 0.3 is 0 Å². The van der Waals surface area contributed by atoms with Crippen LogP contribution >= 0.6 is 0 Å². The standard InChI is InChI=1S/C20H19N7O/c1-12(2)26-18(14-4-5-16-13(8-14)6-7-25(16)3)24-27-17(15-9-21-11-23-15)10-22-19(27)20(26)28/h4-12H,1-3H3,(H,21,23). The average Bonchev–Trinajstić information content (AvgIpc) is 3.40. The summed E-state index contributed by atoms with van der Waals surface area (Å²) in [5, 5.41) is 5.91. The van der Waals surface area contributed by atoms with E-state index in [0.717, 1.165) is 16.5 Å². The van der Waals surface area contributed by atoms with E-state index in [9.17, 15) is 4.79 Å². The van der Waals surface area contributed by atoms with Gasteiger partial charge in [0.2, 0.25) is 5.65 Å². The zero-order valence-corrected chi connectivity index (χ0v) is 15.8. The highest BCUT2D eigenvalue weighted by Crippen LogP contribution is 2.26. The third kappa shape index (κ3) is 2.31. The maximum absolute atomic E-state index is 13.2. The van der Waals surface area contributed by atoms with Gasteiger partial charge in [-0.15, -0.1) is 5.10 Å². The van der Waals surface area contributed by atoms with Crippen molar-refractivity contribution in [1.82, 2.24) is 33.7 Å². The molecule has 0 spiro atoms. The number of imidazole rings is 2. The molecule has 0 bridgehead atoms. The first-order valence-electron chi connectivity index (χ1n) is 9.09. The molecule has 4 heterocycles. The first-order valence-corrected chi connectivity index (χ1v) is 9.09. The lowest BCUT2D eigenvalue weighted by Crippen LogP contribution is -2.27. The molecule has 1 N–H and O–H groups in total. The lowest BCUT2D eigenvalue weighted by Gasteiger charge is -2.16. The number of aromatic nitrogens is 7. The summed E-state index contributed by atoms with van der Waals surface area (Å²) in [6.07, 6.45) is 7.00. The van der Waals surface area contributed by atoms with Crippen molar-refractivity contribution in [2.24, 2.45) is 7.05 Å². The predicted molar refractivity (Wildman–Crippen MR) is 107 cm³/mol. The molecule has 5 aromatic rings. The second kappa shape index (κ2) is 5.91. The lowest BCUT2D eigenvalue weighted by molar-refractivity contribution is 0.566. The first-order chi connectivity index (χ1) is 13.5. The summed E-state index contributed by atoms with van der Waals surface area (Å²) in [5.74, 6) is 0.605. The Morgan fingerprint density at radius 2 is 2.00 bits per heavy atom. The molecule has 8 heteroatoms. The molecule has 0 aliphatic heterocycles. The zero-order chi connectivity index (χ0) is 19.4. The van der Waals surface area contributed by atoms with Gasteiger partial charge in [-0.25, -0.2) is 14.5 Å². The number of nitrogens with one attached hydrogen (secondary N) is 1. The molecule has 0 saturated carbocycles. The monoisotopic (exact) mass is 373 g/mol. The van der Waals surface area contributed by atoms with E-state index in [2.05, 4.69) is 31.7 Å². The molecule has 0 aliphatic rings. The molecule has 0 amide bonds. The molecule has 0 saturated heterocycles. The van der Waals surface area contributed by atoms with Gasteiger partial charge in [-0.05, 0) is 38.1 Å².